The van der Waals surface area contributed by atoms with Crippen molar-refractivity contribution in [3.63, 3.8) is 0 Å². The van der Waals surface area contributed by atoms with Crippen LogP contribution in [0.25, 0.3) is 11.3 Å². The third-order valence-corrected chi connectivity index (χ3v) is 5.74. The Hall–Kier alpha value is -3.39. The molecule has 160 valence electrons. The van der Waals surface area contributed by atoms with Crippen molar-refractivity contribution in [2.75, 3.05) is 23.4 Å². The van der Waals surface area contributed by atoms with Gasteiger partial charge in [0, 0.05) is 10.9 Å². The standard InChI is InChI=1S/C23H23N3O4S/c1-4-29-20-8-6-5-7-17(20)25-23(28)14(2)26-19-11-16(18-13-31-15(3)24-18)9-10-21(19)30-12-22(26)27/h5-11,13-14H,4,12H2,1-3H3,(H,25,28). The number of nitrogens with zero attached hydrogens (tertiary/aromatic N) is 2. The lowest BCUT2D eigenvalue weighted by Crippen LogP contribution is -2.49. The average Bonchev–Trinajstić information content (AvgIpc) is 3.20. The molecule has 2 aromatic carbocycles. The number of benzene rings is 2. The first-order chi connectivity index (χ1) is 15.0. The summed E-state index contributed by atoms with van der Waals surface area (Å²) >= 11 is 1.56. The molecular weight excluding hydrogens is 414 g/mol. The topological polar surface area (TPSA) is 80.8 Å². The van der Waals surface area contributed by atoms with Gasteiger partial charge in [-0.25, -0.2) is 4.98 Å². The Bertz CT molecular complexity index is 1130. The van der Waals surface area contributed by atoms with Crippen LogP contribution in [0.5, 0.6) is 11.5 Å². The number of amides is 2. The molecule has 0 bridgehead atoms. The van der Waals surface area contributed by atoms with Crippen molar-refractivity contribution < 1.29 is 19.1 Å². The van der Waals surface area contributed by atoms with E-state index >= 15 is 0 Å². The highest BCUT2D eigenvalue weighted by Gasteiger charge is 2.33. The predicted molar refractivity (Wildman–Crippen MR) is 121 cm³/mol. The van der Waals surface area contributed by atoms with E-state index in [4.69, 9.17) is 9.47 Å². The fraction of sp³-hybridized carbons (Fsp3) is 0.261. The van der Waals surface area contributed by atoms with Gasteiger partial charge in [0.25, 0.3) is 5.91 Å². The first kappa shape index (κ1) is 20.9. The summed E-state index contributed by atoms with van der Waals surface area (Å²) in [6.07, 6.45) is 0. The molecule has 3 aromatic rings. The van der Waals surface area contributed by atoms with Crippen LogP contribution in [-0.4, -0.2) is 36.1 Å². The summed E-state index contributed by atoms with van der Waals surface area (Å²) in [6.45, 7) is 5.89. The highest BCUT2D eigenvalue weighted by atomic mass is 32.1. The van der Waals surface area contributed by atoms with E-state index in [1.807, 2.05) is 49.6 Å². The molecule has 8 heteroatoms. The van der Waals surface area contributed by atoms with Crippen LogP contribution in [0.15, 0.2) is 47.8 Å². The minimum atomic E-state index is -0.753. The highest BCUT2D eigenvalue weighted by molar-refractivity contribution is 7.09. The number of para-hydroxylation sites is 2. The third kappa shape index (κ3) is 4.25. The van der Waals surface area contributed by atoms with E-state index < -0.39 is 6.04 Å². The number of ether oxygens (including phenoxy) is 2. The van der Waals surface area contributed by atoms with Crippen LogP contribution in [0.4, 0.5) is 11.4 Å². The van der Waals surface area contributed by atoms with E-state index in [1.54, 1.807) is 30.4 Å². The lowest BCUT2D eigenvalue weighted by atomic mass is 10.1. The number of nitrogens with one attached hydrogen (secondary N) is 1. The van der Waals surface area contributed by atoms with Crippen LogP contribution in [0.3, 0.4) is 0 Å². The van der Waals surface area contributed by atoms with Gasteiger partial charge in [-0.2, -0.15) is 0 Å². The van der Waals surface area contributed by atoms with Crippen LogP contribution in [0.1, 0.15) is 18.9 Å². The van der Waals surface area contributed by atoms with E-state index in [0.29, 0.717) is 29.5 Å². The number of aromatic nitrogens is 1. The average molecular weight is 438 g/mol. The molecule has 0 saturated carbocycles. The number of hydrogen-bond donors (Lipinski definition) is 1. The summed E-state index contributed by atoms with van der Waals surface area (Å²) in [5.41, 5.74) is 2.81. The fourth-order valence-electron chi connectivity index (χ4n) is 3.46. The van der Waals surface area contributed by atoms with Crippen molar-refractivity contribution in [1.29, 1.82) is 0 Å². The Morgan fingerprint density at radius 1 is 1.32 bits per heavy atom. The molecule has 1 aromatic heterocycles. The SMILES string of the molecule is CCOc1ccccc1NC(=O)C(C)N1C(=O)COc2ccc(-c3csc(C)n3)cc21. The minimum Gasteiger partial charge on any atom is -0.492 e. The number of carbonyl (C=O) groups is 2. The van der Waals surface area contributed by atoms with Crippen LogP contribution in [0.2, 0.25) is 0 Å². The monoisotopic (exact) mass is 437 g/mol. The molecule has 1 N–H and O–H groups in total. The van der Waals surface area contributed by atoms with Gasteiger partial charge in [-0.3, -0.25) is 14.5 Å². The summed E-state index contributed by atoms with van der Waals surface area (Å²) in [4.78, 5) is 31.8. The van der Waals surface area contributed by atoms with E-state index in [9.17, 15) is 9.59 Å². The molecule has 0 fully saturated rings. The zero-order chi connectivity index (χ0) is 22.0. The molecule has 0 radical (unpaired) electrons. The van der Waals surface area contributed by atoms with Crippen LogP contribution in [0, 0.1) is 6.92 Å². The fourth-order valence-corrected chi connectivity index (χ4v) is 4.08. The van der Waals surface area contributed by atoms with Crippen LogP contribution in [-0.2, 0) is 9.59 Å². The number of thiazole rings is 1. The zero-order valence-corrected chi connectivity index (χ0v) is 18.4. The second-order valence-corrected chi connectivity index (χ2v) is 8.14. The molecule has 2 heterocycles. The van der Waals surface area contributed by atoms with Crippen molar-refractivity contribution in [3.8, 4) is 22.8 Å². The smallest absolute Gasteiger partial charge is 0.265 e. The molecule has 7 nitrogen and oxygen atoms in total. The molecule has 2 amide bonds. The second-order valence-electron chi connectivity index (χ2n) is 7.08. The summed E-state index contributed by atoms with van der Waals surface area (Å²) in [7, 11) is 0. The molecule has 0 aliphatic carbocycles. The quantitative estimate of drug-likeness (QED) is 0.623. The Kier molecular flexibility index (Phi) is 5.90. The molecule has 4 rings (SSSR count). The molecule has 31 heavy (non-hydrogen) atoms. The van der Waals surface area contributed by atoms with Crippen LogP contribution >= 0.6 is 11.3 Å². The van der Waals surface area contributed by atoms with Gasteiger partial charge >= 0.3 is 0 Å². The lowest BCUT2D eigenvalue weighted by Gasteiger charge is -2.33. The molecular formula is C23H23N3O4S. The van der Waals surface area contributed by atoms with Gasteiger partial charge in [-0.1, -0.05) is 12.1 Å². The summed E-state index contributed by atoms with van der Waals surface area (Å²) in [5.74, 6) is 0.549. The predicted octanol–water partition coefficient (Wildman–Crippen LogP) is 4.27. The first-order valence-corrected chi connectivity index (χ1v) is 10.9. The van der Waals surface area contributed by atoms with Gasteiger partial charge in [0.2, 0.25) is 5.91 Å². The normalized spacial score (nSPS) is 13.9. The maximum Gasteiger partial charge on any atom is 0.265 e. The van der Waals surface area contributed by atoms with Gasteiger partial charge in [0.05, 0.1) is 28.7 Å². The van der Waals surface area contributed by atoms with Crippen molar-refractivity contribution in [1.82, 2.24) is 4.98 Å². The molecule has 1 atom stereocenters. The van der Waals surface area contributed by atoms with E-state index in [1.165, 1.54) is 4.90 Å². The summed E-state index contributed by atoms with van der Waals surface area (Å²) in [6, 6.07) is 12.0. The third-order valence-electron chi connectivity index (χ3n) is 4.96. The van der Waals surface area contributed by atoms with E-state index in [-0.39, 0.29) is 18.4 Å². The number of hydrogen-bond acceptors (Lipinski definition) is 6. The van der Waals surface area contributed by atoms with Gasteiger partial charge < -0.3 is 14.8 Å². The van der Waals surface area contributed by atoms with Gasteiger partial charge in [-0.05, 0) is 51.1 Å². The molecule has 1 aliphatic heterocycles. The van der Waals surface area contributed by atoms with Gasteiger partial charge in [0.15, 0.2) is 6.61 Å². The number of aryl methyl sites for hydroxylation is 1. The number of rotatable bonds is 6. The van der Waals surface area contributed by atoms with E-state index in [2.05, 4.69) is 10.3 Å². The van der Waals surface area contributed by atoms with Crippen molar-refractivity contribution in [3.05, 3.63) is 52.9 Å². The Morgan fingerprint density at radius 2 is 2.13 bits per heavy atom. The van der Waals surface area contributed by atoms with Crippen LogP contribution < -0.4 is 19.7 Å². The minimum absolute atomic E-state index is 0.116. The molecule has 0 spiro atoms. The van der Waals surface area contributed by atoms with Crippen molar-refractivity contribution in [2.24, 2.45) is 0 Å². The molecule has 1 unspecified atom stereocenters. The first-order valence-electron chi connectivity index (χ1n) is 10.0. The molecule has 1 aliphatic rings. The Labute approximate surface area is 184 Å². The summed E-state index contributed by atoms with van der Waals surface area (Å²) < 4.78 is 11.2. The van der Waals surface area contributed by atoms with Crippen molar-refractivity contribution in [2.45, 2.75) is 26.8 Å². The highest BCUT2D eigenvalue weighted by Crippen LogP contribution is 2.37. The maximum absolute atomic E-state index is 13.1. The summed E-state index contributed by atoms with van der Waals surface area (Å²) in [5, 5.41) is 5.81. The van der Waals surface area contributed by atoms with Crippen molar-refractivity contribution >= 4 is 34.5 Å². The zero-order valence-electron chi connectivity index (χ0n) is 17.5. The second kappa shape index (κ2) is 8.77. The lowest BCUT2D eigenvalue weighted by molar-refractivity contribution is -0.125. The maximum atomic E-state index is 13.1. The molecule has 0 saturated heterocycles. The number of fused-ring (bicyclic) bond motifs is 1. The Morgan fingerprint density at radius 3 is 2.87 bits per heavy atom. The number of anilines is 2. The number of carbonyl (C=O) groups excluding carboxylic acids is 2. The van der Waals surface area contributed by atoms with Gasteiger partial charge in [-0.15, -0.1) is 11.3 Å². The van der Waals surface area contributed by atoms with Gasteiger partial charge in [0.1, 0.15) is 17.5 Å². The van der Waals surface area contributed by atoms with E-state index in [0.717, 1.165) is 16.3 Å². The Balaban J connectivity index is 1.63. The largest absolute Gasteiger partial charge is 0.492 e.